The van der Waals surface area contributed by atoms with Gasteiger partial charge in [0.1, 0.15) is 0 Å². The molecule has 1 aromatic carbocycles. The summed E-state index contributed by atoms with van der Waals surface area (Å²) in [5.41, 5.74) is 2.01. The number of anilines is 1. The number of nitrogens with one attached hydrogen (secondary N) is 3. The third kappa shape index (κ3) is 3.91. The summed E-state index contributed by atoms with van der Waals surface area (Å²) in [5.74, 6) is -0.180. The van der Waals surface area contributed by atoms with Gasteiger partial charge in [-0.25, -0.2) is 0 Å². The summed E-state index contributed by atoms with van der Waals surface area (Å²) in [6.07, 6.45) is 5.61. The van der Waals surface area contributed by atoms with Gasteiger partial charge in [0, 0.05) is 17.8 Å². The van der Waals surface area contributed by atoms with E-state index in [2.05, 4.69) is 22.9 Å². The monoisotopic (exact) mass is 315 g/mol. The molecule has 2 aliphatic rings. The molecule has 3 rings (SSSR count). The molecule has 2 fully saturated rings. The highest BCUT2D eigenvalue weighted by Crippen LogP contribution is 2.22. The van der Waals surface area contributed by atoms with Gasteiger partial charge in [-0.05, 0) is 37.0 Å². The van der Waals surface area contributed by atoms with Crippen molar-refractivity contribution in [2.45, 2.75) is 63.6 Å². The van der Waals surface area contributed by atoms with Crippen molar-refractivity contribution in [2.24, 2.45) is 0 Å². The lowest BCUT2D eigenvalue weighted by atomic mass is 9.87. The molecule has 1 aliphatic carbocycles. The van der Waals surface area contributed by atoms with Crippen LogP contribution in [-0.4, -0.2) is 29.9 Å². The molecule has 5 heteroatoms. The molecule has 5 nitrogen and oxygen atoms in total. The Morgan fingerprint density at radius 2 is 1.87 bits per heavy atom. The summed E-state index contributed by atoms with van der Waals surface area (Å²) in [5, 5.41) is 9.31. The van der Waals surface area contributed by atoms with E-state index in [0.29, 0.717) is 6.04 Å². The van der Waals surface area contributed by atoms with Crippen LogP contribution in [0.1, 0.15) is 44.6 Å². The largest absolute Gasteiger partial charge is 0.350 e. The van der Waals surface area contributed by atoms with Crippen molar-refractivity contribution in [3.8, 4) is 0 Å². The van der Waals surface area contributed by atoms with Crippen LogP contribution in [0.5, 0.6) is 0 Å². The molecule has 1 aliphatic heterocycles. The van der Waals surface area contributed by atoms with Crippen LogP contribution in [-0.2, 0) is 16.0 Å². The van der Waals surface area contributed by atoms with Crippen LogP contribution in [0, 0.1) is 0 Å². The minimum Gasteiger partial charge on any atom is -0.350 e. The lowest BCUT2D eigenvalue weighted by molar-refractivity contribution is -0.129. The number of hydrogen-bond donors (Lipinski definition) is 3. The Kier molecular flexibility index (Phi) is 4.96. The number of hydrogen-bond acceptors (Lipinski definition) is 3. The molecule has 3 atom stereocenters. The van der Waals surface area contributed by atoms with Gasteiger partial charge in [-0.3, -0.25) is 9.59 Å². The molecule has 0 unspecified atom stereocenters. The summed E-state index contributed by atoms with van der Waals surface area (Å²) >= 11 is 0. The first-order chi connectivity index (χ1) is 11.2. The van der Waals surface area contributed by atoms with Gasteiger partial charge in [-0.2, -0.15) is 0 Å². The summed E-state index contributed by atoms with van der Waals surface area (Å²) in [6, 6.07) is 7.94. The van der Waals surface area contributed by atoms with Gasteiger partial charge in [0.2, 0.25) is 11.8 Å². The molecule has 1 saturated heterocycles. The van der Waals surface area contributed by atoms with E-state index in [1.807, 2.05) is 24.3 Å². The van der Waals surface area contributed by atoms with E-state index in [1.165, 1.54) is 18.4 Å². The maximum absolute atomic E-state index is 12.2. The lowest BCUT2D eigenvalue weighted by Gasteiger charge is -2.40. The van der Waals surface area contributed by atoms with Crippen molar-refractivity contribution < 1.29 is 9.59 Å². The number of piperazine rings is 1. The van der Waals surface area contributed by atoms with Crippen LogP contribution < -0.4 is 16.0 Å². The topological polar surface area (TPSA) is 70.2 Å². The van der Waals surface area contributed by atoms with Gasteiger partial charge in [0.05, 0.1) is 12.5 Å². The molecule has 1 aromatic rings. The number of aryl methyl sites for hydroxylation is 1. The van der Waals surface area contributed by atoms with Crippen molar-refractivity contribution in [3.63, 3.8) is 0 Å². The summed E-state index contributed by atoms with van der Waals surface area (Å²) in [6.45, 7) is 2.10. The van der Waals surface area contributed by atoms with E-state index >= 15 is 0 Å². The normalized spacial score (nSPS) is 27.0. The maximum atomic E-state index is 12.2. The molecule has 1 saturated carbocycles. The third-order valence-corrected chi connectivity index (χ3v) is 4.86. The molecule has 124 valence electrons. The first kappa shape index (κ1) is 16.0. The van der Waals surface area contributed by atoms with Crippen LogP contribution in [0.4, 0.5) is 5.69 Å². The first-order valence-corrected chi connectivity index (χ1v) is 8.61. The fourth-order valence-corrected chi connectivity index (χ4v) is 3.49. The van der Waals surface area contributed by atoms with E-state index < -0.39 is 6.04 Å². The van der Waals surface area contributed by atoms with Gasteiger partial charge in [0.25, 0.3) is 0 Å². The average molecular weight is 315 g/mol. The standard InChI is InChI=1S/C18H25N3O2/c1-2-12-7-9-13(10-8-12)19-17(22)11-16-18(23)21-15-6-4-3-5-14(15)20-16/h7-10,14-16,20H,2-6,11H2,1H3,(H,19,22)(H,21,23)/t14-,15-,16+/m1/s1. The molecule has 0 bridgehead atoms. The number of benzene rings is 1. The summed E-state index contributed by atoms with van der Waals surface area (Å²) in [7, 11) is 0. The van der Waals surface area contributed by atoms with Crippen LogP contribution in [0.25, 0.3) is 0 Å². The summed E-state index contributed by atoms with van der Waals surface area (Å²) < 4.78 is 0. The molecule has 1 heterocycles. The third-order valence-electron chi connectivity index (χ3n) is 4.86. The van der Waals surface area contributed by atoms with Crippen LogP contribution in [0.3, 0.4) is 0 Å². The Balaban J connectivity index is 1.55. The fourth-order valence-electron chi connectivity index (χ4n) is 3.49. The van der Waals surface area contributed by atoms with Crippen molar-refractivity contribution in [3.05, 3.63) is 29.8 Å². The second-order valence-corrected chi connectivity index (χ2v) is 6.53. The molecule has 23 heavy (non-hydrogen) atoms. The Morgan fingerprint density at radius 3 is 2.57 bits per heavy atom. The smallest absolute Gasteiger partial charge is 0.237 e. The highest BCUT2D eigenvalue weighted by atomic mass is 16.2. The second kappa shape index (κ2) is 7.13. The number of carbonyl (C=O) groups excluding carboxylic acids is 2. The molecule has 2 amide bonds. The van der Waals surface area contributed by atoms with E-state index in [1.54, 1.807) is 0 Å². The number of rotatable bonds is 4. The molecular formula is C18H25N3O2. The highest BCUT2D eigenvalue weighted by molar-refractivity contribution is 5.95. The zero-order valence-corrected chi connectivity index (χ0v) is 13.6. The molecule has 0 radical (unpaired) electrons. The Morgan fingerprint density at radius 1 is 1.17 bits per heavy atom. The van der Waals surface area contributed by atoms with Crippen molar-refractivity contribution in [2.75, 3.05) is 5.32 Å². The van der Waals surface area contributed by atoms with Crippen molar-refractivity contribution in [1.82, 2.24) is 10.6 Å². The van der Waals surface area contributed by atoms with Crippen molar-refractivity contribution >= 4 is 17.5 Å². The van der Waals surface area contributed by atoms with Crippen molar-refractivity contribution in [1.29, 1.82) is 0 Å². The zero-order chi connectivity index (χ0) is 16.2. The predicted octanol–water partition coefficient (Wildman–Crippen LogP) is 1.98. The van der Waals surface area contributed by atoms with Gasteiger partial charge in [0.15, 0.2) is 0 Å². The van der Waals surface area contributed by atoms with E-state index in [9.17, 15) is 9.59 Å². The molecule has 0 aromatic heterocycles. The number of amides is 2. The molecule has 0 spiro atoms. The Bertz CT molecular complexity index is 570. The minimum absolute atomic E-state index is 0.0513. The van der Waals surface area contributed by atoms with Crippen LogP contribution in [0.2, 0.25) is 0 Å². The minimum atomic E-state index is -0.427. The van der Waals surface area contributed by atoms with Gasteiger partial charge in [-0.15, -0.1) is 0 Å². The summed E-state index contributed by atoms with van der Waals surface area (Å²) in [4.78, 5) is 24.4. The quantitative estimate of drug-likeness (QED) is 0.795. The van der Waals surface area contributed by atoms with Gasteiger partial charge >= 0.3 is 0 Å². The van der Waals surface area contributed by atoms with Crippen LogP contribution >= 0.6 is 0 Å². The Hall–Kier alpha value is -1.88. The van der Waals surface area contributed by atoms with E-state index in [-0.39, 0.29) is 24.3 Å². The Labute approximate surface area is 137 Å². The lowest BCUT2D eigenvalue weighted by Crippen LogP contribution is -2.65. The van der Waals surface area contributed by atoms with E-state index in [4.69, 9.17) is 0 Å². The van der Waals surface area contributed by atoms with Gasteiger partial charge in [-0.1, -0.05) is 31.9 Å². The van der Waals surface area contributed by atoms with Crippen LogP contribution in [0.15, 0.2) is 24.3 Å². The molecular weight excluding hydrogens is 290 g/mol. The zero-order valence-electron chi connectivity index (χ0n) is 13.6. The average Bonchev–Trinajstić information content (AvgIpc) is 2.56. The SMILES string of the molecule is CCc1ccc(NC(=O)C[C@@H]2N[C@@H]3CCCC[C@H]3NC2=O)cc1. The maximum Gasteiger partial charge on any atom is 0.237 e. The first-order valence-electron chi connectivity index (χ1n) is 8.61. The fraction of sp³-hybridized carbons (Fsp3) is 0.556. The predicted molar refractivity (Wildman–Crippen MR) is 90.2 cm³/mol. The number of carbonyl (C=O) groups is 2. The molecule has 3 N–H and O–H groups in total. The van der Waals surface area contributed by atoms with E-state index in [0.717, 1.165) is 24.9 Å². The second-order valence-electron chi connectivity index (χ2n) is 6.53. The highest BCUT2D eigenvalue weighted by Gasteiger charge is 2.36. The number of fused-ring (bicyclic) bond motifs is 1. The van der Waals surface area contributed by atoms with Gasteiger partial charge < -0.3 is 16.0 Å².